The van der Waals surface area contributed by atoms with Crippen LogP contribution in [0.4, 0.5) is 5.69 Å². The molecular weight excluding hydrogens is 634 g/mol. The van der Waals surface area contributed by atoms with Crippen molar-refractivity contribution >= 4 is 51.2 Å². The lowest BCUT2D eigenvalue weighted by atomic mass is 10.2. The Balaban J connectivity index is 1.48. The van der Waals surface area contributed by atoms with Gasteiger partial charge in [-0.05, 0) is 110 Å². The highest BCUT2D eigenvalue weighted by Crippen LogP contribution is 2.30. The zero-order valence-electron chi connectivity index (χ0n) is 25.1. The Hall–Kier alpha value is -4.19. The first kappa shape index (κ1) is 33.7. The van der Waals surface area contributed by atoms with Crippen molar-refractivity contribution in [3.8, 4) is 17.2 Å². The number of hydrazone groups is 1. The molecule has 0 aliphatic rings. The summed E-state index contributed by atoms with van der Waals surface area (Å²) < 4.78 is 45.6. The summed E-state index contributed by atoms with van der Waals surface area (Å²) in [6, 6.07) is 25.7. The molecule has 0 radical (unpaired) electrons. The van der Waals surface area contributed by atoms with Crippen LogP contribution in [0.25, 0.3) is 0 Å². The highest BCUT2D eigenvalue weighted by atomic mass is 35.5. The van der Waals surface area contributed by atoms with Gasteiger partial charge in [-0.15, -0.1) is 11.8 Å². The molecular formula is C33H34ClN3O6S2. The minimum Gasteiger partial charge on any atom is -0.494 e. The molecule has 0 aliphatic heterocycles. The van der Waals surface area contributed by atoms with Crippen LogP contribution >= 0.6 is 23.4 Å². The van der Waals surface area contributed by atoms with Gasteiger partial charge in [0.25, 0.3) is 15.9 Å². The van der Waals surface area contributed by atoms with Crippen LogP contribution in [0.1, 0.15) is 25.0 Å². The number of thioether (sulfide) groups is 1. The van der Waals surface area contributed by atoms with Gasteiger partial charge in [-0.1, -0.05) is 23.7 Å². The Morgan fingerprint density at radius 1 is 0.911 bits per heavy atom. The summed E-state index contributed by atoms with van der Waals surface area (Å²) in [5.74, 6) is 1.01. The number of carbonyl (C=O) groups is 1. The molecule has 0 aromatic heterocycles. The van der Waals surface area contributed by atoms with Crippen LogP contribution in [-0.2, 0) is 21.4 Å². The second-order valence-corrected chi connectivity index (χ2v) is 12.6. The van der Waals surface area contributed by atoms with Crippen LogP contribution < -0.4 is 23.9 Å². The summed E-state index contributed by atoms with van der Waals surface area (Å²) in [5.41, 5.74) is 4.29. The number of hydrogen-bond acceptors (Lipinski definition) is 8. The maximum Gasteiger partial charge on any atom is 0.264 e. The van der Waals surface area contributed by atoms with Gasteiger partial charge in [-0.3, -0.25) is 9.10 Å². The number of nitrogens with zero attached hydrogens (tertiary/aromatic N) is 2. The average Bonchev–Trinajstić information content (AvgIpc) is 3.04. The summed E-state index contributed by atoms with van der Waals surface area (Å²) >= 11 is 7.57. The van der Waals surface area contributed by atoms with Gasteiger partial charge in [0, 0.05) is 9.92 Å². The molecule has 0 unspecified atom stereocenters. The van der Waals surface area contributed by atoms with Gasteiger partial charge in [0.05, 0.1) is 30.0 Å². The summed E-state index contributed by atoms with van der Waals surface area (Å²) in [4.78, 5) is 14.0. The number of halogens is 1. The first-order valence-electron chi connectivity index (χ1n) is 14.1. The van der Waals surface area contributed by atoms with Crippen LogP contribution in [0.3, 0.4) is 0 Å². The number of rotatable bonds is 15. The zero-order valence-corrected chi connectivity index (χ0v) is 27.5. The molecule has 0 saturated heterocycles. The van der Waals surface area contributed by atoms with E-state index >= 15 is 0 Å². The van der Waals surface area contributed by atoms with Crippen LogP contribution in [0.2, 0.25) is 5.02 Å². The highest BCUT2D eigenvalue weighted by Gasteiger charge is 2.27. The van der Waals surface area contributed by atoms with Crippen molar-refractivity contribution in [1.29, 1.82) is 0 Å². The molecule has 4 aromatic rings. The van der Waals surface area contributed by atoms with E-state index in [1.54, 1.807) is 60.7 Å². The molecule has 45 heavy (non-hydrogen) atoms. The summed E-state index contributed by atoms with van der Waals surface area (Å²) in [7, 11) is -4.09. The minimum atomic E-state index is -4.09. The Kier molecular flexibility index (Phi) is 12.1. The van der Waals surface area contributed by atoms with E-state index in [9.17, 15) is 13.2 Å². The Labute approximate surface area is 273 Å². The van der Waals surface area contributed by atoms with Crippen molar-refractivity contribution in [1.82, 2.24) is 5.43 Å². The molecule has 236 valence electrons. The molecule has 12 heteroatoms. The van der Waals surface area contributed by atoms with Gasteiger partial charge in [-0.25, -0.2) is 13.8 Å². The fourth-order valence-electron chi connectivity index (χ4n) is 4.19. The van der Waals surface area contributed by atoms with Gasteiger partial charge in [0.15, 0.2) is 11.5 Å². The lowest BCUT2D eigenvalue weighted by Gasteiger charge is -2.24. The largest absolute Gasteiger partial charge is 0.494 e. The monoisotopic (exact) mass is 667 g/mol. The van der Waals surface area contributed by atoms with E-state index in [0.29, 0.717) is 53.3 Å². The van der Waals surface area contributed by atoms with E-state index in [1.807, 2.05) is 38.3 Å². The number of nitrogens with one attached hydrogen (secondary N) is 1. The van der Waals surface area contributed by atoms with Crippen molar-refractivity contribution < 1.29 is 27.4 Å². The van der Waals surface area contributed by atoms with Crippen LogP contribution in [0.15, 0.2) is 106 Å². The zero-order chi connectivity index (χ0) is 32.2. The molecule has 1 N–H and O–H groups in total. The summed E-state index contributed by atoms with van der Waals surface area (Å²) in [6.07, 6.45) is 3.35. The van der Waals surface area contributed by atoms with Gasteiger partial charge in [0.1, 0.15) is 18.9 Å². The fraction of sp³-hybridized carbons (Fsp3) is 0.212. The molecule has 4 rings (SSSR count). The third kappa shape index (κ3) is 9.40. The molecule has 0 saturated carbocycles. The van der Waals surface area contributed by atoms with Gasteiger partial charge in [-0.2, -0.15) is 5.10 Å². The Morgan fingerprint density at radius 2 is 1.64 bits per heavy atom. The molecule has 0 bridgehead atoms. The van der Waals surface area contributed by atoms with Crippen LogP contribution in [0.5, 0.6) is 17.2 Å². The van der Waals surface area contributed by atoms with Gasteiger partial charge < -0.3 is 14.2 Å². The van der Waals surface area contributed by atoms with Crippen molar-refractivity contribution in [2.24, 2.45) is 5.10 Å². The third-order valence-corrected chi connectivity index (χ3v) is 9.09. The van der Waals surface area contributed by atoms with E-state index in [2.05, 4.69) is 10.5 Å². The summed E-state index contributed by atoms with van der Waals surface area (Å²) in [6.45, 7) is 4.41. The normalized spacial score (nSPS) is 11.3. The predicted octanol–water partition coefficient (Wildman–Crippen LogP) is 6.78. The molecule has 1 amide bonds. The maximum atomic E-state index is 13.7. The Morgan fingerprint density at radius 3 is 2.31 bits per heavy atom. The lowest BCUT2D eigenvalue weighted by Crippen LogP contribution is -2.39. The van der Waals surface area contributed by atoms with Crippen molar-refractivity contribution in [3.63, 3.8) is 0 Å². The number of sulfonamides is 1. The standard InChI is InChI=1S/C33H34ClN3O6S2/c1-4-41-28-12-10-27(11-13-28)37(45(39,40)30-16-14-29(44-3)15-17-30)22-33(38)36-35-21-24-9-18-31(32(20-24)42-5-2)43-23-25-7-6-8-26(34)19-25/h6-21H,4-5,22-23H2,1-3H3,(H,36,38)/b35-21-. The molecule has 9 nitrogen and oxygen atoms in total. The second-order valence-electron chi connectivity index (χ2n) is 9.47. The minimum absolute atomic E-state index is 0.0617. The number of carbonyl (C=O) groups excluding carboxylic acids is 1. The average molecular weight is 668 g/mol. The SMILES string of the molecule is CCOc1ccc(N(CC(=O)N/N=C\c2ccc(OCc3cccc(Cl)c3)c(OCC)c2)S(=O)(=O)c2ccc(SC)cc2)cc1. The summed E-state index contributed by atoms with van der Waals surface area (Å²) in [5, 5.41) is 4.68. The fourth-order valence-corrected chi connectivity index (χ4v) is 6.23. The Bertz CT molecular complexity index is 1720. The van der Waals surface area contributed by atoms with Crippen LogP contribution in [-0.4, -0.2) is 46.6 Å². The molecule has 0 heterocycles. The van der Waals surface area contributed by atoms with E-state index in [4.69, 9.17) is 25.8 Å². The quantitative estimate of drug-likeness (QED) is 0.0846. The van der Waals surface area contributed by atoms with E-state index < -0.39 is 22.5 Å². The van der Waals surface area contributed by atoms with Crippen molar-refractivity contribution in [2.75, 3.05) is 30.3 Å². The lowest BCUT2D eigenvalue weighted by molar-refractivity contribution is -0.119. The molecule has 0 spiro atoms. The molecule has 0 atom stereocenters. The first-order valence-corrected chi connectivity index (χ1v) is 17.1. The number of hydrogen-bond donors (Lipinski definition) is 1. The molecule has 0 fully saturated rings. The van der Waals surface area contributed by atoms with E-state index in [1.165, 1.54) is 30.1 Å². The van der Waals surface area contributed by atoms with Gasteiger partial charge in [0.2, 0.25) is 0 Å². The number of benzene rings is 4. The van der Waals surface area contributed by atoms with Crippen molar-refractivity contribution in [2.45, 2.75) is 30.2 Å². The third-order valence-electron chi connectivity index (χ3n) is 6.32. The smallest absolute Gasteiger partial charge is 0.264 e. The van der Waals surface area contributed by atoms with E-state index in [0.717, 1.165) is 14.8 Å². The van der Waals surface area contributed by atoms with Gasteiger partial charge >= 0.3 is 0 Å². The molecule has 4 aromatic carbocycles. The second kappa shape index (κ2) is 16.2. The number of ether oxygens (including phenoxy) is 3. The van der Waals surface area contributed by atoms with Crippen LogP contribution in [0, 0.1) is 0 Å². The number of anilines is 1. The highest BCUT2D eigenvalue weighted by molar-refractivity contribution is 7.98. The number of amides is 1. The maximum absolute atomic E-state index is 13.7. The first-order chi connectivity index (χ1) is 21.7. The topological polar surface area (TPSA) is 107 Å². The molecule has 0 aliphatic carbocycles. The predicted molar refractivity (Wildman–Crippen MR) is 179 cm³/mol. The van der Waals surface area contributed by atoms with Crippen molar-refractivity contribution in [3.05, 3.63) is 107 Å². The van der Waals surface area contributed by atoms with E-state index in [-0.39, 0.29) is 4.90 Å².